The highest BCUT2D eigenvalue weighted by Crippen LogP contribution is 1.80. The van der Waals surface area contributed by atoms with Gasteiger partial charge in [0, 0.05) is 0 Å². The van der Waals surface area contributed by atoms with Crippen LogP contribution in [-0.2, 0) is 0 Å². The first kappa shape index (κ1) is 9.26. The Hall–Kier alpha value is 0.802. The SMILES string of the molecule is Br.[F][Al]([F])[F]. The highest BCUT2D eigenvalue weighted by atomic mass is 79.9. The summed E-state index contributed by atoms with van der Waals surface area (Å²) in [7, 11) is 0. The van der Waals surface area contributed by atoms with Crippen molar-refractivity contribution < 1.29 is 10.6 Å². The summed E-state index contributed by atoms with van der Waals surface area (Å²) >= 11 is -4.64. The molecule has 0 saturated heterocycles. The number of hydrogen-bond donors (Lipinski definition) is 0. The molecule has 0 heterocycles. The number of hydrogen-bond acceptors (Lipinski definition) is 0. The van der Waals surface area contributed by atoms with Gasteiger partial charge >= 0.3 is 15.5 Å². The average molecular weight is 165 g/mol. The van der Waals surface area contributed by atoms with Crippen molar-refractivity contribution in [3.63, 3.8) is 0 Å². The normalized spacial score (nSPS) is 5.40. The Balaban J connectivity index is 0. The van der Waals surface area contributed by atoms with Crippen molar-refractivity contribution in [2.75, 3.05) is 0 Å². The first-order chi connectivity index (χ1) is 1.73. The third-order valence-corrected chi connectivity index (χ3v) is 0. The molecular weight excluding hydrogens is 164 g/mol. The topological polar surface area (TPSA) is 0 Å². The summed E-state index contributed by atoms with van der Waals surface area (Å²) in [5.41, 5.74) is 0. The second kappa shape index (κ2) is 4.80. The first-order valence-corrected chi connectivity index (χ1v) is 1.96. The molecule has 32 valence electrons. The van der Waals surface area contributed by atoms with E-state index < -0.39 is 15.5 Å². The molecule has 0 aromatic heterocycles. The summed E-state index contributed by atoms with van der Waals surface area (Å²) in [4.78, 5) is 0. The van der Waals surface area contributed by atoms with Gasteiger partial charge < -0.3 is 10.6 Å². The van der Waals surface area contributed by atoms with Gasteiger partial charge in [0.1, 0.15) is 0 Å². The smallest absolute Gasteiger partial charge is 0.346 e. The fourth-order valence-corrected chi connectivity index (χ4v) is 0. The Kier molecular flexibility index (Phi) is 8.89. The first-order valence-electron chi connectivity index (χ1n) is 0.655. The Morgan fingerprint density at radius 3 is 1.00 bits per heavy atom. The van der Waals surface area contributed by atoms with Crippen LogP contribution in [0.5, 0.6) is 0 Å². The van der Waals surface area contributed by atoms with Gasteiger partial charge in [0.2, 0.25) is 0 Å². The van der Waals surface area contributed by atoms with Gasteiger partial charge in [-0.25, -0.2) is 0 Å². The summed E-state index contributed by atoms with van der Waals surface area (Å²) in [6, 6.07) is 0. The monoisotopic (exact) mass is 164 g/mol. The van der Waals surface area contributed by atoms with Crippen molar-refractivity contribution in [3.8, 4) is 0 Å². The fourth-order valence-electron chi connectivity index (χ4n) is 0. The minimum atomic E-state index is -4.64. The lowest BCUT2D eigenvalue weighted by Crippen LogP contribution is -1.76. The van der Waals surface area contributed by atoms with E-state index in [0.717, 1.165) is 0 Å². The largest absolute Gasteiger partial charge is 1.04 e. The predicted octanol–water partition coefficient (Wildman–Crippen LogP) is 1.46. The molecule has 0 saturated carbocycles. The molecule has 0 N–H and O–H groups in total. The lowest BCUT2D eigenvalue weighted by molar-refractivity contribution is 0.535. The molecule has 5 heavy (non-hydrogen) atoms. The van der Waals surface area contributed by atoms with E-state index in [1.807, 2.05) is 0 Å². The van der Waals surface area contributed by atoms with Crippen molar-refractivity contribution in [2.45, 2.75) is 0 Å². The maximum Gasteiger partial charge on any atom is 1.04 e. The molecule has 0 aliphatic rings. The van der Waals surface area contributed by atoms with Crippen molar-refractivity contribution in [1.29, 1.82) is 0 Å². The maximum absolute atomic E-state index is 9.81. The highest BCUT2D eigenvalue weighted by molar-refractivity contribution is 8.93. The molecule has 5 heteroatoms. The lowest BCUT2D eigenvalue weighted by Gasteiger charge is -1.52. The molecule has 0 fully saturated rings. The molecular formula is HAlBrF3. The van der Waals surface area contributed by atoms with Crippen molar-refractivity contribution in [2.24, 2.45) is 0 Å². The number of rotatable bonds is 0. The Bertz CT molecular complexity index is 11.6. The van der Waals surface area contributed by atoms with Gasteiger partial charge in [0.15, 0.2) is 0 Å². The molecule has 0 nitrogen and oxygen atoms in total. The lowest BCUT2D eigenvalue weighted by atomic mass is 18.6. The van der Waals surface area contributed by atoms with E-state index in [2.05, 4.69) is 0 Å². The van der Waals surface area contributed by atoms with E-state index in [1.165, 1.54) is 0 Å². The van der Waals surface area contributed by atoms with Gasteiger partial charge in [0.05, 0.1) is 0 Å². The highest BCUT2D eigenvalue weighted by Gasteiger charge is 2.21. The molecule has 0 radical (unpaired) electrons. The van der Waals surface area contributed by atoms with E-state index >= 15 is 0 Å². The van der Waals surface area contributed by atoms with Crippen molar-refractivity contribution in [1.82, 2.24) is 0 Å². The molecule has 0 amide bonds. The van der Waals surface area contributed by atoms with Crippen LogP contribution in [0.4, 0.5) is 10.6 Å². The molecule has 0 atom stereocenters. The zero-order valence-corrected chi connectivity index (χ0v) is 4.99. The molecule has 0 aromatic carbocycles. The van der Waals surface area contributed by atoms with Crippen LogP contribution in [0.15, 0.2) is 0 Å². The van der Waals surface area contributed by atoms with Crippen LogP contribution in [0, 0.1) is 0 Å². The standard InChI is InChI=1S/Al.BrH.3FH/h;4*1H/q+3;;;;/p-3. The van der Waals surface area contributed by atoms with E-state index in [-0.39, 0.29) is 17.0 Å². The molecule has 0 spiro atoms. The number of halogens is 4. The van der Waals surface area contributed by atoms with Gasteiger partial charge in [-0.3, -0.25) is 0 Å². The Morgan fingerprint density at radius 2 is 1.00 bits per heavy atom. The third kappa shape index (κ3) is 58.6. The van der Waals surface area contributed by atoms with E-state index in [0.29, 0.717) is 0 Å². The van der Waals surface area contributed by atoms with Crippen LogP contribution in [0.2, 0.25) is 0 Å². The summed E-state index contributed by atoms with van der Waals surface area (Å²) in [5.74, 6) is 0. The summed E-state index contributed by atoms with van der Waals surface area (Å²) in [5, 5.41) is 0. The minimum absolute atomic E-state index is 0. The summed E-state index contributed by atoms with van der Waals surface area (Å²) in [6.45, 7) is 0. The van der Waals surface area contributed by atoms with E-state index in [1.54, 1.807) is 0 Å². The molecule has 0 rings (SSSR count). The van der Waals surface area contributed by atoms with Gasteiger partial charge in [0.25, 0.3) is 0 Å². The second-order valence-electron chi connectivity index (χ2n) is 0.247. The molecule has 0 bridgehead atoms. The van der Waals surface area contributed by atoms with Gasteiger partial charge in [-0.15, -0.1) is 17.0 Å². The van der Waals surface area contributed by atoms with Crippen LogP contribution in [0.25, 0.3) is 0 Å². The second-order valence-corrected chi connectivity index (χ2v) is 0.742. The van der Waals surface area contributed by atoms with Gasteiger partial charge in [-0.1, -0.05) is 0 Å². The van der Waals surface area contributed by atoms with Crippen LogP contribution in [0.3, 0.4) is 0 Å². The zero-order chi connectivity index (χ0) is 3.58. The third-order valence-electron chi connectivity index (χ3n) is 0. The minimum Gasteiger partial charge on any atom is -0.346 e. The average Bonchev–Trinajstić information content (AvgIpc) is 0.811. The van der Waals surface area contributed by atoms with E-state index in [9.17, 15) is 10.6 Å². The predicted molar refractivity (Wildman–Crippen MR) is 19.4 cm³/mol. The Morgan fingerprint density at radius 1 is 1.00 bits per heavy atom. The maximum atomic E-state index is 9.81. The quantitative estimate of drug-likeness (QED) is 0.476. The zero-order valence-electron chi connectivity index (χ0n) is 2.12. The van der Waals surface area contributed by atoms with Crippen LogP contribution < -0.4 is 0 Å². The molecule has 0 aromatic rings. The molecule has 0 unspecified atom stereocenters. The Labute approximate surface area is 43.6 Å². The van der Waals surface area contributed by atoms with Gasteiger partial charge in [-0.05, 0) is 0 Å². The summed E-state index contributed by atoms with van der Waals surface area (Å²) < 4.78 is 29.4. The molecule has 0 aliphatic heterocycles. The van der Waals surface area contributed by atoms with Crippen LogP contribution in [0.1, 0.15) is 0 Å². The summed E-state index contributed by atoms with van der Waals surface area (Å²) in [6.07, 6.45) is 0. The fraction of sp³-hybridized carbons (Fsp3) is 0. The van der Waals surface area contributed by atoms with Crippen molar-refractivity contribution >= 4 is 32.5 Å². The van der Waals surface area contributed by atoms with Crippen molar-refractivity contribution in [3.05, 3.63) is 0 Å². The van der Waals surface area contributed by atoms with Crippen LogP contribution in [-0.4, -0.2) is 15.5 Å². The molecule has 0 aliphatic carbocycles. The van der Waals surface area contributed by atoms with Crippen LogP contribution >= 0.6 is 17.0 Å². The van der Waals surface area contributed by atoms with Gasteiger partial charge in [-0.2, -0.15) is 0 Å². The van der Waals surface area contributed by atoms with E-state index in [4.69, 9.17) is 0 Å².